The Labute approximate surface area is 151 Å². The minimum atomic E-state index is -0.274. The van der Waals surface area contributed by atoms with E-state index in [1.54, 1.807) is 23.6 Å². The van der Waals surface area contributed by atoms with Gasteiger partial charge in [0.1, 0.15) is 0 Å². The number of guanidine groups is 1. The summed E-state index contributed by atoms with van der Waals surface area (Å²) in [5.41, 5.74) is 2.87. The van der Waals surface area contributed by atoms with Crippen molar-refractivity contribution in [2.24, 2.45) is 4.99 Å². The number of halogens is 1. The molecule has 0 spiro atoms. The van der Waals surface area contributed by atoms with Gasteiger partial charge in [-0.15, -0.1) is 11.3 Å². The molecule has 2 aromatic heterocycles. The first-order valence-corrected chi connectivity index (χ1v) is 9.34. The number of aliphatic imine (C=N–C) groups is 1. The van der Waals surface area contributed by atoms with E-state index in [0.29, 0.717) is 18.9 Å². The molecule has 2 aromatic rings. The molecule has 1 unspecified atom stereocenters. The highest BCUT2D eigenvalue weighted by atomic mass is 32.1. The summed E-state index contributed by atoms with van der Waals surface area (Å²) in [5.74, 6) is 0.932. The van der Waals surface area contributed by atoms with Gasteiger partial charge in [0.15, 0.2) is 17.6 Å². The van der Waals surface area contributed by atoms with Crippen molar-refractivity contribution in [1.29, 1.82) is 0 Å². The van der Waals surface area contributed by atoms with Crippen LogP contribution < -0.4 is 15.5 Å². The molecule has 3 rings (SSSR count). The molecule has 1 atom stereocenters. The predicted molar refractivity (Wildman–Crippen MR) is 99.6 cm³/mol. The number of thiazole rings is 1. The van der Waals surface area contributed by atoms with Crippen LogP contribution in [0.4, 0.5) is 10.2 Å². The molecule has 0 bridgehead atoms. The van der Waals surface area contributed by atoms with Crippen molar-refractivity contribution < 1.29 is 4.39 Å². The Morgan fingerprint density at radius 3 is 3.08 bits per heavy atom. The second kappa shape index (κ2) is 8.24. The fraction of sp³-hybridized carbons (Fsp3) is 0.471. The van der Waals surface area contributed by atoms with E-state index in [4.69, 9.17) is 0 Å². The highest BCUT2D eigenvalue weighted by Crippen LogP contribution is 2.20. The molecule has 0 saturated carbocycles. The van der Waals surface area contributed by atoms with E-state index in [0.717, 1.165) is 31.2 Å². The molecule has 134 valence electrons. The van der Waals surface area contributed by atoms with Crippen LogP contribution >= 0.6 is 11.3 Å². The van der Waals surface area contributed by atoms with Crippen molar-refractivity contribution >= 4 is 23.1 Å². The summed E-state index contributed by atoms with van der Waals surface area (Å²) in [6.07, 6.45) is 2.54. The zero-order valence-corrected chi connectivity index (χ0v) is 15.3. The number of aromatic nitrogens is 2. The number of hydrogen-bond donors (Lipinski definition) is 2. The lowest BCUT2D eigenvalue weighted by Gasteiger charge is -2.19. The number of rotatable bonds is 5. The molecular formula is C17H23FN6S. The minimum Gasteiger partial charge on any atom is -0.357 e. The van der Waals surface area contributed by atoms with Gasteiger partial charge < -0.3 is 15.5 Å². The van der Waals surface area contributed by atoms with Crippen LogP contribution in [0.1, 0.15) is 23.9 Å². The van der Waals surface area contributed by atoms with Gasteiger partial charge in [-0.2, -0.15) is 0 Å². The fourth-order valence-electron chi connectivity index (χ4n) is 2.82. The smallest absolute Gasteiger partial charge is 0.191 e. The van der Waals surface area contributed by atoms with Crippen molar-refractivity contribution in [3.8, 4) is 0 Å². The van der Waals surface area contributed by atoms with E-state index in [1.807, 2.05) is 24.3 Å². The number of pyridine rings is 1. The molecule has 0 aromatic carbocycles. The molecule has 0 aliphatic carbocycles. The number of nitrogens with zero attached hydrogens (tertiary/aromatic N) is 4. The summed E-state index contributed by atoms with van der Waals surface area (Å²) in [6, 6.07) is 3.27. The normalized spacial score (nSPS) is 17.8. The van der Waals surface area contributed by atoms with Crippen LogP contribution in [0, 0.1) is 12.7 Å². The number of aryl methyl sites for hydroxylation is 1. The average Bonchev–Trinajstić information content (AvgIpc) is 3.22. The van der Waals surface area contributed by atoms with Crippen LogP contribution in [-0.4, -0.2) is 41.6 Å². The van der Waals surface area contributed by atoms with Gasteiger partial charge in [-0.1, -0.05) is 0 Å². The van der Waals surface area contributed by atoms with Crippen LogP contribution in [0.15, 0.2) is 28.8 Å². The van der Waals surface area contributed by atoms with E-state index in [-0.39, 0.29) is 11.9 Å². The summed E-state index contributed by atoms with van der Waals surface area (Å²) in [5, 5.41) is 6.72. The third-order valence-corrected chi connectivity index (χ3v) is 5.06. The van der Waals surface area contributed by atoms with E-state index in [9.17, 15) is 4.39 Å². The second-order valence-electron chi connectivity index (χ2n) is 5.94. The lowest BCUT2D eigenvalue weighted by atomic mass is 10.3. The van der Waals surface area contributed by atoms with Gasteiger partial charge in [-0.3, -0.25) is 0 Å². The van der Waals surface area contributed by atoms with Gasteiger partial charge in [0.05, 0.1) is 17.7 Å². The van der Waals surface area contributed by atoms with Crippen LogP contribution in [0.3, 0.4) is 0 Å². The van der Waals surface area contributed by atoms with Gasteiger partial charge in [0.25, 0.3) is 0 Å². The molecule has 1 fully saturated rings. The van der Waals surface area contributed by atoms with Crippen LogP contribution in [0.25, 0.3) is 0 Å². The Morgan fingerprint density at radius 1 is 1.48 bits per heavy atom. The lowest BCUT2D eigenvalue weighted by molar-refractivity contribution is 0.612. The molecule has 0 radical (unpaired) electrons. The summed E-state index contributed by atoms with van der Waals surface area (Å²) in [4.78, 5) is 16.2. The quantitative estimate of drug-likeness (QED) is 0.631. The van der Waals surface area contributed by atoms with E-state index in [2.05, 4.69) is 25.6 Å². The first-order valence-electron chi connectivity index (χ1n) is 8.46. The van der Waals surface area contributed by atoms with Crippen molar-refractivity contribution in [2.75, 3.05) is 24.5 Å². The molecule has 1 aliphatic rings. The van der Waals surface area contributed by atoms with Gasteiger partial charge >= 0.3 is 0 Å². The van der Waals surface area contributed by atoms with Crippen LogP contribution in [-0.2, 0) is 6.54 Å². The van der Waals surface area contributed by atoms with E-state index in [1.165, 1.54) is 10.9 Å². The van der Waals surface area contributed by atoms with Crippen molar-refractivity contribution in [3.05, 3.63) is 40.2 Å². The van der Waals surface area contributed by atoms with Gasteiger partial charge in [-0.25, -0.2) is 19.4 Å². The zero-order valence-electron chi connectivity index (χ0n) is 14.5. The average molecular weight is 362 g/mol. The predicted octanol–water partition coefficient (Wildman–Crippen LogP) is 2.32. The summed E-state index contributed by atoms with van der Waals surface area (Å²) in [7, 11) is 0. The number of hydrogen-bond acceptors (Lipinski definition) is 5. The SMILES string of the molecule is CCNC(=NCc1scnc1C)NC1CCN(c2ncccc2F)C1. The Hall–Kier alpha value is -2.22. The number of nitrogens with one attached hydrogen (secondary N) is 2. The maximum atomic E-state index is 13.9. The maximum absolute atomic E-state index is 13.9. The Morgan fingerprint density at radius 2 is 2.36 bits per heavy atom. The maximum Gasteiger partial charge on any atom is 0.191 e. The Bertz CT molecular complexity index is 731. The molecule has 3 heterocycles. The van der Waals surface area contributed by atoms with Crippen molar-refractivity contribution in [1.82, 2.24) is 20.6 Å². The number of anilines is 1. The summed E-state index contributed by atoms with van der Waals surface area (Å²) < 4.78 is 13.9. The van der Waals surface area contributed by atoms with Gasteiger partial charge in [0, 0.05) is 36.8 Å². The zero-order chi connectivity index (χ0) is 17.6. The van der Waals surface area contributed by atoms with E-state index < -0.39 is 0 Å². The van der Waals surface area contributed by atoms with Crippen molar-refractivity contribution in [2.45, 2.75) is 32.9 Å². The third-order valence-electron chi connectivity index (χ3n) is 4.14. The summed E-state index contributed by atoms with van der Waals surface area (Å²) >= 11 is 1.62. The topological polar surface area (TPSA) is 65.4 Å². The minimum absolute atomic E-state index is 0.210. The van der Waals surface area contributed by atoms with Crippen LogP contribution in [0.2, 0.25) is 0 Å². The lowest BCUT2D eigenvalue weighted by Crippen LogP contribution is -2.44. The van der Waals surface area contributed by atoms with Crippen molar-refractivity contribution in [3.63, 3.8) is 0 Å². The van der Waals surface area contributed by atoms with Crippen LogP contribution in [0.5, 0.6) is 0 Å². The largest absolute Gasteiger partial charge is 0.357 e. The third kappa shape index (κ3) is 4.45. The first-order chi connectivity index (χ1) is 12.2. The molecule has 1 saturated heterocycles. The monoisotopic (exact) mass is 362 g/mol. The molecule has 25 heavy (non-hydrogen) atoms. The molecule has 2 N–H and O–H groups in total. The fourth-order valence-corrected chi connectivity index (χ4v) is 3.52. The first kappa shape index (κ1) is 17.6. The molecule has 1 aliphatic heterocycles. The van der Waals surface area contributed by atoms with E-state index >= 15 is 0 Å². The van der Waals surface area contributed by atoms with Gasteiger partial charge in [0.2, 0.25) is 0 Å². The second-order valence-corrected chi connectivity index (χ2v) is 6.88. The molecule has 8 heteroatoms. The standard InChI is InChI=1S/C17H23FN6S/c1-3-19-17(21-9-15-12(2)22-11-25-15)23-13-6-8-24(10-13)16-14(18)5-4-7-20-16/h4-5,7,11,13H,3,6,8-10H2,1-2H3,(H2,19,21,23). The highest BCUT2D eigenvalue weighted by molar-refractivity contribution is 7.09. The molecular weight excluding hydrogens is 339 g/mol. The molecule has 0 amide bonds. The molecule has 6 nitrogen and oxygen atoms in total. The Balaban J connectivity index is 1.61. The Kier molecular flexibility index (Phi) is 5.80. The highest BCUT2D eigenvalue weighted by Gasteiger charge is 2.25. The summed E-state index contributed by atoms with van der Waals surface area (Å²) in [6.45, 7) is 6.92. The van der Waals surface area contributed by atoms with Gasteiger partial charge in [-0.05, 0) is 32.4 Å².